The van der Waals surface area contributed by atoms with Gasteiger partial charge in [-0.3, -0.25) is 23.9 Å². The molecule has 1 aromatic carbocycles. The Morgan fingerprint density at radius 1 is 1.18 bits per heavy atom. The highest BCUT2D eigenvalue weighted by atomic mass is 16.2. The number of fused-ring (bicyclic) bond motifs is 1. The van der Waals surface area contributed by atoms with Crippen molar-refractivity contribution < 1.29 is 9.59 Å². The molecule has 10 nitrogen and oxygen atoms in total. The molecule has 0 radical (unpaired) electrons. The highest BCUT2D eigenvalue weighted by molar-refractivity contribution is 5.96. The highest BCUT2D eigenvalue weighted by Crippen LogP contribution is 2.22. The van der Waals surface area contributed by atoms with E-state index < -0.39 is 11.2 Å². The first-order valence-electron chi connectivity index (χ1n) is 10.7. The van der Waals surface area contributed by atoms with Crippen LogP contribution < -0.4 is 21.5 Å². The number of amides is 1. The minimum atomic E-state index is -0.512. The van der Waals surface area contributed by atoms with Crippen LogP contribution in [0.3, 0.4) is 0 Å². The van der Waals surface area contributed by atoms with Gasteiger partial charge in [-0.25, -0.2) is 9.78 Å². The second-order valence-corrected chi connectivity index (χ2v) is 8.16. The molecule has 1 fully saturated rings. The van der Waals surface area contributed by atoms with E-state index >= 15 is 0 Å². The fraction of sp³-hybridized carbons (Fsp3) is 0.348. The predicted octanol–water partition coefficient (Wildman–Crippen LogP) is 0.425. The van der Waals surface area contributed by atoms with Crippen LogP contribution in [0.25, 0.3) is 10.9 Å². The lowest BCUT2D eigenvalue weighted by molar-refractivity contribution is 0.0957. The molecule has 1 saturated heterocycles. The first-order valence-corrected chi connectivity index (χ1v) is 10.7. The molecule has 0 aliphatic carbocycles. The number of piperazine rings is 1. The van der Waals surface area contributed by atoms with E-state index in [1.54, 1.807) is 25.2 Å². The third kappa shape index (κ3) is 4.29. The first kappa shape index (κ1) is 22.4. The molecule has 3 aromatic rings. The summed E-state index contributed by atoms with van der Waals surface area (Å²) in [5, 5.41) is 2.81. The first-order chi connectivity index (χ1) is 15.8. The number of H-pyrrole nitrogens is 1. The summed E-state index contributed by atoms with van der Waals surface area (Å²) in [6.07, 6.45) is 0.654. The molecule has 33 heavy (non-hydrogen) atoms. The van der Waals surface area contributed by atoms with Gasteiger partial charge in [0.15, 0.2) is 6.29 Å². The number of pyridine rings is 1. The van der Waals surface area contributed by atoms with Crippen molar-refractivity contribution >= 4 is 28.8 Å². The van der Waals surface area contributed by atoms with Crippen molar-refractivity contribution in [3.05, 3.63) is 67.6 Å². The summed E-state index contributed by atoms with van der Waals surface area (Å²) >= 11 is 0. The van der Waals surface area contributed by atoms with E-state index in [1.807, 2.05) is 13.0 Å². The molecule has 4 rings (SSSR count). The van der Waals surface area contributed by atoms with Crippen LogP contribution in [-0.2, 0) is 13.6 Å². The Bertz CT molecular complexity index is 1350. The van der Waals surface area contributed by atoms with Crippen LogP contribution >= 0.6 is 0 Å². The van der Waals surface area contributed by atoms with Gasteiger partial charge in [-0.15, -0.1) is 0 Å². The van der Waals surface area contributed by atoms with Crippen LogP contribution in [0.1, 0.15) is 32.1 Å². The summed E-state index contributed by atoms with van der Waals surface area (Å²) < 4.78 is 0.965. The zero-order chi connectivity index (χ0) is 23.7. The quantitative estimate of drug-likeness (QED) is 0.541. The van der Waals surface area contributed by atoms with Gasteiger partial charge in [0.25, 0.3) is 11.5 Å². The minimum absolute atomic E-state index is 0.209. The fourth-order valence-corrected chi connectivity index (χ4v) is 4.25. The number of hydrogen-bond donors (Lipinski definition) is 2. The number of aromatic nitrogens is 3. The number of aromatic amines is 1. The Balaban J connectivity index is 1.50. The van der Waals surface area contributed by atoms with E-state index in [2.05, 4.69) is 25.1 Å². The molecule has 0 bridgehead atoms. The van der Waals surface area contributed by atoms with Crippen molar-refractivity contribution in [1.29, 1.82) is 0 Å². The van der Waals surface area contributed by atoms with Crippen molar-refractivity contribution in [2.45, 2.75) is 13.5 Å². The van der Waals surface area contributed by atoms with Gasteiger partial charge in [0.1, 0.15) is 5.69 Å². The molecule has 10 heteroatoms. The standard InChI is InChI=1S/C23H26N6O4/c1-14-19(5-4-17(25-14)21(31)24-2)29-8-6-28(7-9-29)12-15-10-16(13-30)20-18(11-15)26-23(33)27(3)22(20)32/h4-5,10-11,13H,6-9,12H2,1-3H3,(H,24,31)(H,26,33). The van der Waals surface area contributed by atoms with Gasteiger partial charge in [0.05, 0.1) is 22.3 Å². The van der Waals surface area contributed by atoms with Gasteiger partial charge in [-0.05, 0) is 36.8 Å². The van der Waals surface area contributed by atoms with Crippen LogP contribution in [0.4, 0.5) is 5.69 Å². The van der Waals surface area contributed by atoms with E-state index in [9.17, 15) is 19.2 Å². The zero-order valence-electron chi connectivity index (χ0n) is 18.8. The molecule has 1 aliphatic rings. The van der Waals surface area contributed by atoms with Gasteiger partial charge in [0, 0.05) is 52.4 Å². The normalized spacial score (nSPS) is 14.5. The topological polar surface area (TPSA) is 120 Å². The van der Waals surface area contributed by atoms with Crippen LogP contribution in [0.5, 0.6) is 0 Å². The second-order valence-electron chi connectivity index (χ2n) is 8.16. The monoisotopic (exact) mass is 450 g/mol. The number of carbonyl (C=O) groups excluding carboxylic acids is 2. The number of rotatable bonds is 5. The number of anilines is 1. The summed E-state index contributed by atoms with van der Waals surface area (Å²) in [5.41, 5.74) is 2.71. The Morgan fingerprint density at radius 3 is 2.55 bits per heavy atom. The van der Waals surface area contributed by atoms with E-state index in [4.69, 9.17) is 0 Å². The third-order valence-electron chi connectivity index (χ3n) is 6.06. The van der Waals surface area contributed by atoms with Gasteiger partial charge >= 0.3 is 5.69 Å². The number of nitrogens with zero attached hydrogens (tertiary/aromatic N) is 4. The van der Waals surface area contributed by atoms with Crippen molar-refractivity contribution in [2.75, 3.05) is 38.1 Å². The van der Waals surface area contributed by atoms with Gasteiger partial charge in [-0.1, -0.05) is 0 Å². The Labute approximate surface area is 189 Å². The maximum absolute atomic E-state index is 12.4. The molecule has 0 unspecified atom stereocenters. The fourth-order valence-electron chi connectivity index (χ4n) is 4.25. The Kier molecular flexibility index (Phi) is 6.10. The molecular formula is C23H26N6O4. The van der Waals surface area contributed by atoms with E-state index in [-0.39, 0.29) is 16.9 Å². The molecular weight excluding hydrogens is 424 g/mol. The van der Waals surface area contributed by atoms with Crippen molar-refractivity contribution in [1.82, 2.24) is 24.8 Å². The molecule has 1 aliphatic heterocycles. The summed E-state index contributed by atoms with van der Waals surface area (Å²) in [7, 11) is 2.96. The number of benzene rings is 1. The average molecular weight is 450 g/mol. The smallest absolute Gasteiger partial charge is 0.328 e. The summed E-state index contributed by atoms with van der Waals surface area (Å²) in [6.45, 7) is 5.64. The summed E-state index contributed by atoms with van der Waals surface area (Å²) in [4.78, 5) is 59.5. The number of nitrogens with one attached hydrogen (secondary N) is 2. The van der Waals surface area contributed by atoms with Crippen molar-refractivity contribution in [2.24, 2.45) is 7.05 Å². The van der Waals surface area contributed by atoms with Gasteiger partial charge in [0.2, 0.25) is 0 Å². The predicted molar refractivity (Wildman–Crippen MR) is 125 cm³/mol. The zero-order valence-corrected chi connectivity index (χ0v) is 18.8. The average Bonchev–Trinajstić information content (AvgIpc) is 2.82. The van der Waals surface area contributed by atoms with Crippen LogP contribution in [0, 0.1) is 6.92 Å². The number of aldehydes is 1. The minimum Gasteiger partial charge on any atom is -0.368 e. The molecule has 2 aromatic heterocycles. The summed E-state index contributed by atoms with van der Waals surface area (Å²) in [5.74, 6) is -0.209. The summed E-state index contributed by atoms with van der Waals surface area (Å²) in [6, 6.07) is 7.14. The third-order valence-corrected chi connectivity index (χ3v) is 6.06. The van der Waals surface area contributed by atoms with Crippen LogP contribution in [0.15, 0.2) is 33.9 Å². The lowest BCUT2D eigenvalue weighted by atomic mass is 10.1. The van der Waals surface area contributed by atoms with Gasteiger partial charge in [-0.2, -0.15) is 0 Å². The number of carbonyl (C=O) groups is 2. The lowest BCUT2D eigenvalue weighted by Gasteiger charge is -2.36. The molecule has 0 spiro atoms. The second kappa shape index (κ2) is 8.99. The molecule has 172 valence electrons. The van der Waals surface area contributed by atoms with Gasteiger partial charge < -0.3 is 15.2 Å². The Hall–Kier alpha value is -3.79. The highest BCUT2D eigenvalue weighted by Gasteiger charge is 2.21. The number of aryl methyl sites for hydroxylation is 1. The van der Waals surface area contributed by atoms with E-state index in [0.717, 1.165) is 47.7 Å². The molecule has 2 N–H and O–H groups in total. The van der Waals surface area contributed by atoms with E-state index in [1.165, 1.54) is 7.05 Å². The molecule has 0 atom stereocenters. The number of hydrogen-bond acceptors (Lipinski definition) is 7. The SMILES string of the molecule is CNC(=O)c1ccc(N2CCN(Cc3cc(C=O)c4c(=O)n(C)c(=O)[nH]c4c3)CC2)c(C)n1. The molecule has 3 heterocycles. The molecule has 0 saturated carbocycles. The lowest BCUT2D eigenvalue weighted by Crippen LogP contribution is -2.46. The van der Waals surface area contributed by atoms with Crippen molar-refractivity contribution in [3.63, 3.8) is 0 Å². The Morgan fingerprint density at radius 2 is 1.91 bits per heavy atom. The van der Waals surface area contributed by atoms with Crippen LogP contribution in [0.2, 0.25) is 0 Å². The van der Waals surface area contributed by atoms with E-state index in [0.29, 0.717) is 24.0 Å². The maximum Gasteiger partial charge on any atom is 0.328 e. The maximum atomic E-state index is 12.4. The molecule has 1 amide bonds. The van der Waals surface area contributed by atoms with Crippen LogP contribution in [-0.4, -0.2) is 64.9 Å². The largest absolute Gasteiger partial charge is 0.368 e. The van der Waals surface area contributed by atoms with Crippen molar-refractivity contribution in [3.8, 4) is 0 Å².